The van der Waals surface area contributed by atoms with E-state index >= 15 is 0 Å². The van der Waals surface area contributed by atoms with Crippen LogP contribution in [0.4, 0.5) is 0 Å². The minimum absolute atomic E-state index is 0. The van der Waals surface area contributed by atoms with Crippen LogP contribution in [0.2, 0.25) is 0 Å². The summed E-state index contributed by atoms with van der Waals surface area (Å²) in [4.78, 5) is 31.8. The van der Waals surface area contributed by atoms with E-state index in [0.29, 0.717) is 0 Å². The molecular weight excluding hydrogens is 212 g/mol. The molecule has 0 aliphatic carbocycles. The molecule has 0 atom stereocenters. The topological polar surface area (TPSA) is 108 Å². The summed E-state index contributed by atoms with van der Waals surface area (Å²) in [6.07, 6.45) is 0. The average molecular weight is 222 g/mol. The van der Waals surface area contributed by atoms with Gasteiger partial charge in [-0.2, -0.15) is 0 Å². The predicted molar refractivity (Wildman–Crippen MR) is 36.9 cm³/mol. The summed E-state index contributed by atoms with van der Waals surface area (Å²) in [7, 11) is 0. The van der Waals surface area contributed by atoms with Crippen LogP contribution < -0.4 is 0 Å². The molecule has 0 rings (SSSR count). The Morgan fingerprint density at radius 3 is 0.923 bits per heavy atom. The first kappa shape index (κ1) is 22.9. The first-order chi connectivity index (χ1) is 4.46. The van der Waals surface area contributed by atoms with Crippen molar-refractivity contribution in [2.45, 2.75) is 20.8 Å². The van der Waals surface area contributed by atoms with Crippen molar-refractivity contribution in [3.8, 4) is 0 Å². The molecule has 0 aromatic rings. The van der Waals surface area contributed by atoms with Crippen LogP contribution in [-0.4, -0.2) is 17.3 Å². The molecule has 0 bridgehead atoms. The van der Waals surface area contributed by atoms with Crippen molar-refractivity contribution in [3.63, 3.8) is 0 Å². The third-order valence-corrected chi connectivity index (χ3v) is 1.22. The van der Waals surface area contributed by atoms with E-state index in [-0.39, 0.29) is 50.0 Å². The van der Waals surface area contributed by atoms with Crippen LogP contribution in [0.1, 0.15) is 20.8 Å². The van der Waals surface area contributed by atoms with Crippen LogP contribution in [0, 0.1) is 5.92 Å². The van der Waals surface area contributed by atoms with Gasteiger partial charge in [-0.05, 0) is 20.8 Å². The zero-order valence-electron chi connectivity index (χ0n) is 7.62. The van der Waals surface area contributed by atoms with Gasteiger partial charge in [-0.15, -0.1) is 0 Å². The third kappa shape index (κ3) is 7.99. The van der Waals surface area contributed by atoms with Gasteiger partial charge in [0.2, 0.25) is 0 Å². The Bertz CT molecular complexity index is 156. The monoisotopic (exact) mass is 222 g/mol. The number of hydrogen-bond acceptors (Lipinski definition) is 3. The van der Waals surface area contributed by atoms with Crippen molar-refractivity contribution in [2.75, 3.05) is 0 Å². The zero-order valence-corrected chi connectivity index (χ0v) is 9.18. The molecule has 0 amide bonds. The normalized spacial score (nSPS) is 7.38. The molecule has 0 saturated heterocycles. The summed E-state index contributed by atoms with van der Waals surface area (Å²) in [5.41, 5.74) is 0. The maximum atomic E-state index is 10.6. The molecule has 5 nitrogen and oxygen atoms in total. The third-order valence-electron chi connectivity index (χ3n) is 1.22. The van der Waals surface area contributed by atoms with Crippen LogP contribution >= 0.6 is 0 Å². The fraction of sp³-hybridized carbons (Fsp3) is 0.571. The fourth-order valence-corrected chi connectivity index (χ4v) is 0.859. The van der Waals surface area contributed by atoms with E-state index in [9.17, 15) is 14.4 Å². The largest absolute Gasteiger partial charge is 4.00 e. The molecule has 0 aromatic carbocycles. The molecule has 6 heteroatoms. The SMILES string of the molecule is CC(=O)C(C(C)=O)C(C)=O.[O-2].[O-2].[Ti+4]. The van der Waals surface area contributed by atoms with Gasteiger partial charge in [0.1, 0.15) is 23.3 Å². The zero-order chi connectivity index (χ0) is 8.31. The maximum Gasteiger partial charge on any atom is 4.00 e. The number of Topliss-reactive ketones (excluding diaryl/α,β-unsaturated/α-hetero) is 3. The standard InChI is InChI=1S/C7H10O3.2O.Ti/c1-4(8)7(5(2)9)6(3)10;;;/h7H,1-3H3;;;/q;2*-2;+4. The second-order valence-electron chi connectivity index (χ2n) is 2.26. The van der Waals surface area contributed by atoms with Gasteiger partial charge in [-0.1, -0.05) is 0 Å². The van der Waals surface area contributed by atoms with Gasteiger partial charge in [-0.3, -0.25) is 14.4 Å². The number of hydrogen-bond donors (Lipinski definition) is 0. The molecule has 0 spiro atoms. The average Bonchev–Trinajstić information content (AvgIpc) is 1.59. The Kier molecular flexibility index (Phi) is 17.2. The number of carbonyl (C=O) groups excluding carboxylic acids is 3. The quantitative estimate of drug-likeness (QED) is 0.499. The molecule has 0 unspecified atom stereocenters. The second-order valence-corrected chi connectivity index (χ2v) is 2.26. The molecule has 0 radical (unpaired) electrons. The predicted octanol–water partition coefficient (Wildman–Crippen LogP) is 0.130. The van der Waals surface area contributed by atoms with Gasteiger partial charge in [0.05, 0.1) is 0 Å². The summed E-state index contributed by atoms with van der Waals surface area (Å²) in [5.74, 6) is -2.15. The van der Waals surface area contributed by atoms with Crippen molar-refractivity contribution < 1.29 is 47.1 Å². The minimum atomic E-state index is -1.03. The first-order valence-corrected chi connectivity index (χ1v) is 2.98. The molecule has 0 aromatic heterocycles. The molecular formula is C7H10O5Ti. The smallest absolute Gasteiger partial charge is 2.00 e. The number of carbonyl (C=O) groups is 3. The second kappa shape index (κ2) is 9.73. The summed E-state index contributed by atoms with van der Waals surface area (Å²) in [6.45, 7) is 3.73. The van der Waals surface area contributed by atoms with Gasteiger partial charge in [-0.25, -0.2) is 0 Å². The van der Waals surface area contributed by atoms with Gasteiger partial charge >= 0.3 is 21.7 Å². The molecule has 0 aliphatic rings. The molecule has 72 valence electrons. The van der Waals surface area contributed by atoms with E-state index in [4.69, 9.17) is 0 Å². The Labute approximate surface area is 91.4 Å². The number of ketones is 3. The van der Waals surface area contributed by atoms with E-state index in [1.165, 1.54) is 20.8 Å². The van der Waals surface area contributed by atoms with Gasteiger partial charge < -0.3 is 11.0 Å². The van der Waals surface area contributed by atoms with Crippen molar-refractivity contribution in [3.05, 3.63) is 0 Å². The Morgan fingerprint density at radius 2 is 0.923 bits per heavy atom. The molecule has 0 N–H and O–H groups in total. The first-order valence-electron chi connectivity index (χ1n) is 2.98. The Morgan fingerprint density at radius 1 is 0.769 bits per heavy atom. The summed E-state index contributed by atoms with van der Waals surface area (Å²) >= 11 is 0. The van der Waals surface area contributed by atoms with E-state index < -0.39 is 5.92 Å². The van der Waals surface area contributed by atoms with Crippen LogP contribution in [0.15, 0.2) is 0 Å². The van der Waals surface area contributed by atoms with Gasteiger partial charge in [0.15, 0.2) is 0 Å². The van der Waals surface area contributed by atoms with Crippen molar-refractivity contribution in [1.82, 2.24) is 0 Å². The molecule has 0 saturated carbocycles. The summed E-state index contributed by atoms with van der Waals surface area (Å²) in [5, 5.41) is 0. The Hall–Kier alpha value is -0.356. The molecule has 0 aliphatic heterocycles. The van der Waals surface area contributed by atoms with E-state index in [1.54, 1.807) is 0 Å². The van der Waals surface area contributed by atoms with E-state index in [0.717, 1.165) is 0 Å². The summed E-state index contributed by atoms with van der Waals surface area (Å²) < 4.78 is 0. The van der Waals surface area contributed by atoms with Crippen molar-refractivity contribution in [2.24, 2.45) is 5.92 Å². The molecule has 13 heavy (non-hydrogen) atoms. The van der Waals surface area contributed by atoms with E-state index in [2.05, 4.69) is 0 Å². The van der Waals surface area contributed by atoms with Gasteiger partial charge in [0, 0.05) is 0 Å². The number of rotatable bonds is 3. The summed E-state index contributed by atoms with van der Waals surface area (Å²) in [6, 6.07) is 0. The van der Waals surface area contributed by atoms with Crippen molar-refractivity contribution in [1.29, 1.82) is 0 Å². The van der Waals surface area contributed by atoms with Crippen LogP contribution in [0.25, 0.3) is 0 Å². The molecule has 0 fully saturated rings. The van der Waals surface area contributed by atoms with E-state index in [1.807, 2.05) is 0 Å². The van der Waals surface area contributed by atoms with Crippen LogP contribution in [-0.2, 0) is 47.1 Å². The van der Waals surface area contributed by atoms with Crippen molar-refractivity contribution >= 4 is 17.3 Å². The van der Waals surface area contributed by atoms with Crippen LogP contribution in [0.5, 0.6) is 0 Å². The van der Waals surface area contributed by atoms with Gasteiger partial charge in [0.25, 0.3) is 0 Å². The van der Waals surface area contributed by atoms with Crippen LogP contribution in [0.3, 0.4) is 0 Å². The minimum Gasteiger partial charge on any atom is -2.00 e. The Balaban J connectivity index is -0.000000135. The maximum absolute atomic E-state index is 10.6. The molecule has 0 heterocycles. The fourth-order valence-electron chi connectivity index (χ4n) is 0.859.